The minimum Gasteiger partial charge on any atom is -0.437 e. The van der Waals surface area contributed by atoms with Crippen molar-refractivity contribution in [3.05, 3.63) is 67.0 Å². The van der Waals surface area contributed by atoms with Crippen LogP contribution >= 0.6 is 0 Å². The smallest absolute Gasteiger partial charge is 0.248 e. The number of fused-ring (bicyclic) bond motifs is 1. The highest BCUT2D eigenvalue weighted by atomic mass is 19.1. The molecule has 1 aliphatic carbocycles. The van der Waals surface area contributed by atoms with Crippen molar-refractivity contribution in [2.75, 3.05) is 10.6 Å². The fraction of sp³-hybridized carbons (Fsp3) is 0.136. The molecule has 2 aromatic heterocycles. The molecule has 0 bridgehead atoms. The van der Waals surface area contributed by atoms with Gasteiger partial charge in [-0.2, -0.15) is 4.98 Å². The summed E-state index contributed by atoms with van der Waals surface area (Å²) in [5.74, 6) is -0.357. The van der Waals surface area contributed by atoms with E-state index in [1.54, 1.807) is 24.3 Å². The Kier molecular flexibility index (Phi) is 4.74. The van der Waals surface area contributed by atoms with Gasteiger partial charge in [-0.15, -0.1) is 0 Å². The molecule has 9 nitrogen and oxygen atoms in total. The molecule has 0 aliphatic heterocycles. The van der Waals surface area contributed by atoms with Crippen molar-refractivity contribution in [2.45, 2.75) is 12.8 Å². The first kappa shape index (κ1) is 19.6. The number of amides is 2. The van der Waals surface area contributed by atoms with E-state index in [-0.39, 0.29) is 5.91 Å². The second-order valence-corrected chi connectivity index (χ2v) is 7.40. The fourth-order valence-corrected chi connectivity index (χ4v) is 3.26. The monoisotopic (exact) mass is 432 g/mol. The van der Waals surface area contributed by atoms with Crippen LogP contribution in [-0.2, 0) is 9.59 Å². The average Bonchev–Trinajstić information content (AvgIpc) is 3.48. The summed E-state index contributed by atoms with van der Waals surface area (Å²) in [6, 6.07) is 12.1. The van der Waals surface area contributed by atoms with E-state index in [4.69, 9.17) is 4.74 Å². The van der Waals surface area contributed by atoms with Gasteiger partial charge < -0.3 is 20.4 Å². The minimum absolute atomic E-state index is 0.332. The standard InChI is InChI=1S/C22H17FN6O3/c23-13-1-3-14(4-2-13)28-20(30)22(9-10-22)21(31)29-15-5-7-16(8-6-15)32-19-17-18(25-11-24-17)26-12-27-19/h1-8,11-12H,9-10H2,(H,28,30)(H,29,31)(H,24,25,26,27). The number of nitrogens with zero attached hydrogens (tertiary/aromatic N) is 3. The van der Waals surface area contributed by atoms with Crippen molar-refractivity contribution in [1.29, 1.82) is 0 Å². The second kappa shape index (κ2) is 7.73. The van der Waals surface area contributed by atoms with Gasteiger partial charge in [-0.05, 0) is 61.4 Å². The Hall–Kier alpha value is -4.34. The zero-order valence-corrected chi connectivity index (χ0v) is 16.6. The largest absolute Gasteiger partial charge is 0.437 e. The zero-order valence-electron chi connectivity index (χ0n) is 16.6. The molecule has 0 atom stereocenters. The van der Waals surface area contributed by atoms with Gasteiger partial charge in [0.1, 0.15) is 28.8 Å². The Morgan fingerprint density at radius 1 is 0.906 bits per heavy atom. The maximum absolute atomic E-state index is 13.0. The zero-order chi connectivity index (χ0) is 22.1. The van der Waals surface area contributed by atoms with Gasteiger partial charge >= 0.3 is 0 Å². The van der Waals surface area contributed by atoms with E-state index in [0.29, 0.717) is 47.0 Å². The van der Waals surface area contributed by atoms with E-state index >= 15 is 0 Å². The van der Waals surface area contributed by atoms with Gasteiger partial charge in [0.15, 0.2) is 5.65 Å². The number of aromatic nitrogens is 4. The Morgan fingerprint density at radius 2 is 1.53 bits per heavy atom. The Labute approximate surface area is 181 Å². The van der Waals surface area contributed by atoms with Crippen LogP contribution in [0, 0.1) is 11.2 Å². The lowest BCUT2D eigenvalue weighted by Gasteiger charge is -2.16. The molecular weight excluding hydrogens is 415 g/mol. The first-order chi connectivity index (χ1) is 15.5. The van der Waals surface area contributed by atoms with Crippen molar-refractivity contribution < 1.29 is 18.7 Å². The van der Waals surface area contributed by atoms with Crippen LogP contribution in [0.3, 0.4) is 0 Å². The fourth-order valence-electron chi connectivity index (χ4n) is 3.26. The normalized spacial score (nSPS) is 14.0. The van der Waals surface area contributed by atoms with Gasteiger partial charge in [0.2, 0.25) is 17.7 Å². The third-order valence-corrected chi connectivity index (χ3v) is 5.24. The summed E-state index contributed by atoms with van der Waals surface area (Å²) in [5, 5.41) is 5.46. The highest BCUT2D eigenvalue weighted by molar-refractivity contribution is 6.16. The third-order valence-electron chi connectivity index (χ3n) is 5.24. The molecule has 1 fully saturated rings. The van der Waals surface area contributed by atoms with E-state index in [1.807, 2.05) is 0 Å². The number of nitrogens with one attached hydrogen (secondary N) is 3. The predicted octanol–water partition coefficient (Wildman–Crippen LogP) is 3.64. The number of carbonyl (C=O) groups excluding carboxylic acids is 2. The number of ether oxygens (including phenoxy) is 1. The predicted molar refractivity (Wildman–Crippen MR) is 114 cm³/mol. The molecule has 0 radical (unpaired) electrons. The molecule has 32 heavy (non-hydrogen) atoms. The van der Waals surface area contributed by atoms with Gasteiger partial charge in [-0.25, -0.2) is 14.4 Å². The molecule has 0 unspecified atom stereocenters. The summed E-state index contributed by atoms with van der Waals surface area (Å²) in [6.45, 7) is 0. The first-order valence-electron chi connectivity index (χ1n) is 9.84. The molecule has 2 amide bonds. The molecule has 1 saturated carbocycles. The summed E-state index contributed by atoms with van der Waals surface area (Å²) in [4.78, 5) is 40.6. The summed E-state index contributed by atoms with van der Waals surface area (Å²) in [7, 11) is 0. The molecule has 10 heteroatoms. The lowest BCUT2D eigenvalue weighted by Crippen LogP contribution is -2.35. The number of hydrogen-bond donors (Lipinski definition) is 3. The molecule has 0 spiro atoms. The van der Waals surface area contributed by atoms with Crippen molar-refractivity contribution in [1.82, 2.24) is 19.9 Å². The Morgan fingerprint density at radius 3 is 2.16 bits per heavy atom. The Balaban J connectivity index is 1.24. The first-order valence-corrected chi connectivity index (χ1v) is 9.84. The summed E-state index contributed by atoms with van der Waals surface area (Å²) >= 11 is 0. The topological polar surface area (TPSA) is 122 Å². The van der Waals surface area contributed by atoms with E-state index in [2.05, 4.69) is 30.6 Å². The molecule has 2 aromatic carbocycles. The average molecular weight is 432 g/mol. The molecule has 0 saturated heterocycles. The van der Waals surface area contributed by atoms with Crippen LogP contribution in [0.4, 0.5) is 15.8 Å². The highest BCUT2D eigenvalue weighted by Crippen LogP contribution is 2.47. The SMILES string of the molecule is O=C(Nc1ccc(F)cc1)C1(C(=O)Nc2ccc(Oc3ncnc4nc[nH]c34)cc2)CC1. The molecular formula is C22H17FN6O3. The van der Waals surface area contributed by atoms with E-state index in [0.717, 1.165) is 0 Å². The summed E-state index contributed by atoms with van der Waals surface area (Å²) in [5.41, 5.74) is 0.905. The number of carbonyl (C=O) groups is 2. The maximum atomic E-state index is 13.0. The van der Waals surface area contributed by atoms with Crippen LogP contribution < -0.4 is 15.4 Å². The lowest BCUT2D eigenvalue weighted by atomic mass is 10.0. The van der Waals surface area contributed by atoms with Crippen molar-refractivity contribution >= 4 is 34.4 Å². The van der Waals surface area contributed by atoms with Gasteiger partial charge in [-0.3, -0.25) is 9.59 Å². The van der Waals surface area contributed by atoms with Gasteiger partial charge in [0.25, 0.3) is 0 Å². The van der Waals surface area contributed by atoms with Gasteiger partial charge in [-0.1, -0.05) is 0 Å². The number of benzene rings is 2. The molecule has 4 aromatic rings. The van der Waals surface area contributed by atoms with E-state index in [1.165, 1.54) is 36.9 Å². The number of H-pyrrole nitrogens is 1. The number of imidazole rings is 1. The number of aromatic amines is 1. The molecule has 3 N–H and O–H groups in total. The maximum Gasteiger partial charge on any atom is 0.248 e. The van der Waals surface area contributed by atoms with Crippen LogP contribution in [-0.4, -0.2) is 31.8 Å². The van der Waals surface area contributed by atoms with E-state index in [9.17, 15) is 14.0 Å². The van der Waals surface area contributed by atoms with Crippen molar-refractivity contribution in [3.63, 3.8) is 0 Å². The quantitative estimate of drug-likeness (QED) is 0.400. The number of hydrogen-bond acceptors (Lipinski definition) is 6. The number of halogens is 1. The summed E-state index contributed by atoms with van der Waals surface area (Å²) in [6.07, 6.45) is 3.76. The van der Waals surface area contributed by atoms with Crippen LogP contribution in [0.15, 0.2) is 61.2 Å². The molecule has 1 aliphatic rings. The molecule has 5 rings (SSSR count). The van der Waals surface area contributed by atoms with Gasteiger partial charge in [0, 0.05) is 11.4 Å². The van der Waals surface area contributed by atoms with Crippen molar-refractivity contribution in [3.8, 4) is 11.6 Å². The summed E-state index contributed by atoms with van der Waals surface area (Å²) < 4.78 is 18.8. The Bertz CT molecular complexity index is 1300. The van der Waals surface area contributed by atoms with Crippen LogP contribution in [0.5, 0.6) is 11.6 Å². The third kappa shape index (κ3) is 3.73. The van der Waals surface area contributed by atoms with Gasteiger partial charge in [0.05, 0.1) is 6.33 Å². The van der Waals surface area contributed by atoms with Crippen LogP contribution in [0.25, 0.3) is 11.2 Å². The van der Waals surface area contributed by atoms with Crippen molar-refractivity contribution in [2.24, 2.45) is 5.41 Å². The van der Waals surface area contributed by atoms with E-state index < -0.39 is 17.1 Å². The number of anilines is 2. The number of rotatable bonds is 6. The highest BCUT2D eigenvalue weighted by Gasteiger charge is 2.56. The molecule has 160 valence electrons. The van der Waals surface area contributed by atoms with Crippen LogP contribution in [0.2, 0.25) is 0 Å². The molecule has 2 heterocycles. The van der Waals surface area contributed by atoms with Crippen LogP contribution in [0.1, 0.15) is 12.8 Å². The minimum atomic E-state index is -1.13. The lowest BCUT2D eigenvalue weighted by molar-refractivity contribution is -0.131. The second-order valence-electron chi connectivity index (χ2n) is 7.40.